The van der Waals surface area contributed by atoms with Crippen LogP contribution in [0.3, 0.4) is 0 Å². The number of fused-ring (bicyclic) bond motifs is 1. The lowest BCUT2D eigenvalue weighted by Crippen LogP contribution is -2.37. The van der Waals surface area contributed by atoms with Crippen LogP contribution < -0.4 is 5.59 Å². The van der Waals surface area contributed by atoms with Crippen LogP contribution >= 0.6 is 11.3 Å². The van der Waals surface area contributed by atoms with E-state index in [1.165, 1.54) is 4.88 Å². The van der Waals surface area contributed by atoms with Crippen molar-refractivity contribution in [3.8, 4) is 16.5 Å². The number of nitriles is 1. The monoisotopic (exact) mass is 294 g/mol. The predicted octanol–water partition coefficient (Wildman–Crippen LogP) is 2.94. The maximum atomic E-state index is 9.50. The molecule has 3 aromatic rings. The second-order valence-electron chi connectivity index (χ2n) is 5.43. The van der Waals surface area contributed by atoms with Gasteiger partial charge >= 0.3 is 6.71 Å². The number of thiophene rings is 1. The highest BCUT2D eigenvalue weighted by Gasteiger charge is 2.25. The quantitative estimate of drug-likeness (QED) is 0.698. The van der Waals surface area contributed by atoms with Crippen LogP contribution in [0.1, 0.15) is 18.7 Å². The maximum absolute atomic E-state index is 9.50. The first kappa shape index (κ1) is 13.8. The molecule has 3 rings (SSSR count). The molecule has 0 aliphatic carbocycles. The van der Waals surface area contributed by atoms with E-state index in [9.17, 15) is 5.26 Å². The Morgan fingerprint density at radius 3 is 2.76 bits per heavy atom. The minimum Gasteiger partial charge on any atom is -0.228 e. The van der Waals surface area contributed by atoms with Crippen molar-refractivity contribution in [2.45, 2.75) is 26.6 Å². The second-order valence-corrected chi connectivity index (χ2v) is 6.72. The lowest BCUT2D eigenvalue weighted by atomic mass is 9.41. The minimum absolute atomic E-state index is 0.199. The molecule has 0 radical (unpaired) electrons. The summed E-state index contributed by atoms with van der Waals surface area (Å²) in [6.45, 7) is 5.99. The van der Waals surface area contributed by atoms with Crippen molar-refractivity contribution in [1.82, 2.24) is 14.6 Å². The van der Waals surface area contributed by atoms with Crippen LogP contribution in [0.15, 0.2) is 30.5 Å². The summed E-state index contributed by atoms with van der Waals surface area (Å²) in [5.41, 5.74) is 2.61. The zero-order chi connectivity index (χ0) is 15.0. The van der Waals surface area contributed by atoms with Crippen molar-refractivity contribution in [1.29, 1.82) is 5.26 Å². The molecule has 21 heavy (non-hydrogen) atoms. The van der Waals surface area contributed by atoms with E-state index in [4.69, 9.17) is 0 Å². The molecule has 0 N–H and O–H groups in total. The summed E-state index contributed by atoms with van der Waals surface area (Å²) in [4.78, 5) is 7.03. The van der Waals surface area contributed by atoms with Gasteiger partial charge in [-0.15, -0.1) is 11.3 Å². The van der Waals surface area contributed by atoms with Crippen LogP contribution in [0.4, 0.5) is 0 Å². The van der Waals surface area contributed by atoms with Crippen LogP contribution in [-0.4, -0.2) is 21.3 Å². The Balaban J connectivity index is 2.23. The van der Waals surface area contributed by atoms with Gasteiger partial charge in [0.25, 0.3) is 0 Å². The second kappa shape index (κ2) is 5.34. The van der Waals surface area contributed by atoms with Gasteiger partial charge in [0.05, 0.1) is 16.8 Å². The van der Waals surface area contributed by atoms with Gasteiger partial charge in [-0.3, -0.25) is 0 Å². The molecule has 0 saturated heterocycles. The number of aryl methyl sites for hydroxylation is 1. The molecule has 3 heterocycles. The average Bonchev–Trinajstić information content (AvgIpc) is 3.07. The number of nitrogens with zero attached hydrogens (tertiary/aromatic N) is 4. The van der Waals surface area contributed by atoms with Crippen molar-refractivity contribution < 1.29 is 0 Å². The van der Waals surface area contributed by atoms with Crippen LogP contribution in [0, 0.1) is 18.2 Å². The molecular formula is C15H15BN4S. The Bertz CT molecular complexity index is 828. The van der Waals surface area contributed by atoms with E-state index < -0.39 is 0 Å². The lowest BCUT2D eigenvalue weighted by Gasteiger charge is -2.12. The molecular weight excluding hydrogens is 279 g/mol. The zero-order valence-corrected chi connectivity index (χ0v) is 13.1. The molecule has 4 nitrogen and oxygen atoms in total. The molecule has 0 aliphatic rings. The largest absolute Gasteiger partial charge is 0.324 e. The first-order valence-corrected chi connectivity index (χ1v) is 7.73. The average molecular weight is 294 g/mol. The Hall–Kier alpha value is -2.13. The van der Waals surface area contributed by atoms with Gasteiger partial charge in [0, 0.05) is 22.5 Å². The van der Waals surface area contributed by atoms with Crippen LogP contribution in [0.25, 0.3) is 16.2 Å². The molecule has 0 unspecified atom stereocenters. The molecule has 3 aromatic heterocycles. The molecule has 0 spiro atoms. The molecule has 0 aliphatic heterocycles. The summed E-state index contributed by atoms with van der Waals surface area (Å²) in [5.74, 6) is 2.62. The minimum atomic E-state index is -0.199. The predicted molar refractivity (Wildman–Crippen MR) is 87.1 cm³/mol. The van der Waals surface area contributed by atoms with Crippen molar-refractivity contribution in [2.24, 2.45) is 0 Å². The third-order valence-electron chi connectivity index (χ3n) is 3.50. The van der Waals surface area contributed by atoms with E-state index >= 15 is 0 Å². The highest BCUT2D eigenvalue weighted by atomic mass is 32.1. The third-order valence-corrected chi connectivity index (χ3v) is 4.53. The normalized spacial score (nSPS) is 11.0. The molecule has 0 atom stereocenters. The van der Waals surface area contributed by atoms with Crippen molar-refractivity contribution in [3.05, 3.63) is 35.3 Å². The van der Waals surface area contributed by atoms with Crippen molar-refractivity contribution in [3.63, 3.8) is 0 Å². The van der Waals surface area contributed by atoms with E-state index in [0.29, 0.717) is 0 Å². The molecule has 0 saturated carbocycles. The van der Waals surface area contributed by atoms with Crippen molar-refractivity contribution in [2.75, 3.05) is 0 Å². The van der Waals surface area contributed by atoms with Crippen molar-refractivity contribution >= 4 is 29.3 Å². The van der Waals surface area contributed by atoms with Gasteiger partial charge in [0.1, 0.15) is 0 Å². The van der Waals surface area contributed by atoms with Gasteiger partial charge in [-0.25, -0.2) is 14.8 Å². The maximum Gasteiger partial charge on any atom is 0.324 e. The Labute approximate surface area is 128 Å². The van der Waals surface area contributed by atoms with Gasteiger partial charge in [0.2, 0.25) is 0 Å². The van der Waals surface area contributed by atoms with Gasteiger partial charge in [-0.2, -0.15) is 5.10 Å². The van der Waals surface area contributed by atoms with E-state index in [0.717, 1.165) is 21.8 Å². The summed E-state index contributed by atoms with van der Waals surface area (Å²) in [6, 6.07) is 8.04. The smallest absolute Gasteiger partial charge is 0.228 e. The summed E-state index contributed by atoms with van der Waals surface area (Å²) >= 11 is 1.71. The number of hydrogen-bond acceptors (Lipinski definition) is 4. The molecule has 104 valence electrons. The van der Waals surface area contributed by atoms with Gasteiger partial charge in [0.15, 0.2) is 5.65 Å². The van der Waals surface area contributed by atoms with Gasteiger partial charge < -0.3 is 0 Å². The SMILES string of the molecule is Cc1ccc(-c2cc(B(C#N)C(C)C)n3nccc3n2)s1. The van der Waals surface area contributed by atoms with E-state index in [-0.39, 0.29) is 12.5 Å². The fourth-order valence-corrected chi connectivity index (χ4v) is 3.24. The zero-order valence-electron chi connectivity index (χ0n) is 12.2. The number of hydrogen-bond donors (Lipinski definition) is 0. The molecule has 0 aromatic carbocycles. The molecule has 0 fully saturated rings. The molecule has 0 bridgehead atoms. The fraction of sp³-hybridized carbons (Fsp3) is 0.267. The highest BCUT2D eigenvalue weighted by Crippen LogP contribution is 2.26. The first-order chi connectivity index (χ1) is 10.1. The van der Waals surface area contributed by atoms with Gasteiger partial charge in [-0.1, -0.05) is 13.8 Å². The van der Waals surface area contributed by atoms with Crippen LogP contribution in [0.5, 0.6) is 0 Å². The highest BCUT2D eigenvalue weighted by molar-refractivity contribution is 7.15. The fourth-order valence-electron chi connectivity index (χ4n) is 2.41. The third kappa shape index (κ3) is 2.45. The Morgan fingerprint density at radius 1 is 1.33 bits per heavy atom. The Kier molecular flexibility index (Phi) is 3.52. The standard InChI is InChI=1S/C15H15BN4S/c1-10(2)16(9-17)14-8-12(13-5-4-11(3)21-13)19-15-6-7-18-20(14)15/h4-8,10H,1-3H3. The summed E-state index contributed by atoms with van der Waals surface area (Å²) in [7, 11) is 0. The topological polar surface area (TPSA) is 54.0 Å². The summed E-state index contributed by atoms with van der Waals surface area (Å²) < 4.78 is 1.78. The molecule has 0 amide bonds. The van der Waals surface area contributed by atoms with E-state index in [2.05, 4.69) is 49.0 Å². The van der Waals surface area contributed by atoms with Gasteiger partial charge in [-0.05, 0) is 30.9 Å². The van der Waals surface area contributed by atoms with E-state index in [1.807, 2.05) is 12.1 Å². The van der Waals surface area contributed by atoms with Crippen LogP contribution in [0.2, 0.25) is 5.82 Å². The number of rotatable bonds is 3. The lowest BCUT2D eigenvalue weighted by molar-refractivity contribution is 0.957. The molecule has 6 heteroatoms. The number of aromatic nitrogens is 3. The van der Waals surface area contributed by atoms with E-state index in [1.54, 1.807) is 22.0 Å². The first-order valence-electron chi connectivity index (χ1n) is 6.91. The van der Waals surface area contributed by atoms with Crippen LogP contribution in [-0.2, 0) is 0 Å². The summed E-state index contributed by atoms with van der Waals surface area (Å²) in [5, 5.41) is 13.8. The Morgan fingerprint density at radius 2 is 2.14 bits per heavy atom. The summed E-state index contributed by atoms with van der Waals surface area (Å²) in [6.07, 6.45) is 1.73.